The lowest BCUT2D eigenvalue weighted by Crippen LogP contribution is -2.25. The van der Waals surface area contributed by atoms with Gasteiger partial charge in [-0.2, -0.15) is 0 Å². The number of rotatable bonds is 6. The molecule has 1 aromatic rings. The summed E-state index contributed by atoms with van der Waals surface area (Å²) in [6.07, 6.45) is 1.32. The van der Waals surface area contributed by atoms with Crippen LogP contribution in [0.5, 0.6) is 0 Å². The van der Waals surface area contributed by atoms with Crippen LogP contribution in [-0.4, -0.2) is 17.6 Å². The van der Waals surface area contributed by atoms with Gasteiger partial charge in [-0.3, -0.25) is 4.79 Å². The number of nitrogens with one attached hydrogen (secondary N) is 1. The number of aryl methyl sites for hydroxylation is 2. The van der Waals surface area contributed by atoms with Gasteiger partial charge in [0, 0.05) is 18.5 Å². The predicted molar refractivity (Wildman–Crippen MR) is 65.7 cm³/mol. The van der Waals surface area contributed by atoms with Crippen molar-refractivity contribution in [2.75, 3.05) is 6.54 Å². The van der Waals surface area contributed by atoms with Crippen LogP contribution in [0, 0.1) is 13.8 Å². The molecule has 1 rings (SSSR count). The third-order valence-electron chi connectivity index (χ3n) is 2.66. The van der Waals surface area contributed by atoms with Crippen LogP contribution in [0.25, 0.3) is 0 Å². The van der Waals surface area contributed by atoms with Crippen LogP contribution in [0.3, 0.4) is 0 Å². The highest BCUT2D eigenvalue weighted by molar-refractivity contribution is 5.75. The van der Waals surface area contributed by atoms with Crippen molar-refractivity contribution in [3.63, 3.8) is 0 Å². The molecule has 0 spiro atoms. The van der Waals surface area contributed by atoms with Gasteiger partial charge in [-0.05, 0) is 32.8 Å². The molecule has 0 aliphatic heterocycles. The van der Waals surface area contributed by atoms with Gasteiger partial charge in [-0.15, -0.1) is 0 Å². The molecule has 0 aliphatic carbocycles. The van der Waals surface area contributed by atoms with Gasteiger partial charge in [0.05, 0.1) is 6.10 Å². The number of hydrogen-bond donors (Lipinski definition) is 2. The molecule has 0 bridgehead atoms. The van der Waals surface area contributed by atoms with Crippen molar-refractivity contribution >= 4 is 5.91 Å². The molecule has 0 saturated heterocycles. The van der Waals surface area contributed by atoms with E-state index in [1.807, 2.05) is 26.8 Å². The second kappa shape index (κ2) is 6.45. The average Bonchev–Trinajstić information content (AvgIpc) is 2.58. The van der Waals surface area contributed by atoms with Crippen molar-refractivity contribution in [1.29, 1.82) is 0 Å². The highest BCUT2D eigenvalue weighted by Gasteiger charge is 2.14. The minimum atomic E-state index is -0.575. The zero-order valence-corrected chi connectivity index (χ0v) is 10.7. The number of carbonyl (C=O) groups is 1. The van der Waals surface area contributed by atoms with E-state index < -0.39 is 6.10 Å². The lowest BCUT2D eigenvalue weighted by molar-refractivity contribution is -0.121. The standard InChI is InChI=1S/C13H21NO3/c1-4-5-13(16)14-7-6-12(15)11-8-9(2)17-10(11)3/h8,12,15H,4-7H2,1-3H3,(H,14,16). The van der Waals surface area contributed by atoms with Gasteiger partial charge >= 0.3 is 0 Å². The Morgan fingerprint density at radius 3 is 2.76 bits per heavy atom. The second-order valence-electron chi connectivity index (χ2n) is 4.27. The molecule has 4 nitrogen and oxygen atoms in total. The van der Waals surface area contributed by atoms with Crippen LogP contribution in [0.15, 0.2) is 10.5 Å². The maximum absolute atomic E-state index is 11.2. The number of hydrogen-bond acceptors (Lipinski definition) is 3. The van der Waals surface area contributed by atoms with Gasteiger partial charge in [0.15, 0.2) is 0 Å². The number of aliphatic hydroxyl groups is 1. The normalized spacial score (nSPS) is 12.5. The van der Waals surface area contributed by atoms with Crippen LogP contribution < -0.4 is 5.32 Å². The van der Waals surface area contributed by atoms with E-state index in [4.69, 9.17) is 4.42 Å². The summed E-state index contributed by atoms with van der Waals surface area (Å²) in [5.74, 6) is 1.58. The minimum absolute atomic E-state index is 0.0415. The Bertz CT molecular complexity index is 371. The van der Waals surface area contributed by atoms with Gasteiger partial charge in [0.2, 0.25) is 5.91 Å². The second-order valence-corrected chi connectivity index (χ2v) is 4.27. The van der Waals surface area contributed by atoms with Crippen LogP contribution >= 0.6 is 0 Å². The quantitative estimate of drug-likeness (QED) is 0.800. The van der Waals surface area contributed by atoms with E-state index in [0.717, 1.165) is 23.5 Å². The van der Waals surface area contributed by atoms with E-state index >= 15 is 0 Å². The molecular formula is C13H21NO3. The molecule has 2 N–H and O–H groups in total. The number of carbonyl (C=O) groups excluding carboxylic acids is 1. The number of aliphatic hydroxyl groups excluding tert-OH is 1. The summed E-state index contributed by atoms with van der Waals surface area (Å²) >= 11 is 0. The summed E-state index contributed by atoms with van der Waals surface area (Å²) < 4.78 is 5.35. The van der Waals surface area contributed by atoms with Crippen LogP contribution in [-0.2, 0) is 4.79 Å². The first-order valence-corrected chi connectivity index (χ1v) is 6.06. The summed E-state index contributed by atoms with van der Waals surface area (Å²) in [6, 6.07) is 1.84. The Morgan fingerprint density at radius 2 is 2.24 bits per heavy atom. The molecule has 1 atom stereocenters. The zero-order chi connectivity index (χ0) is 12.8. The fraction of sp³-hybridized carbons (Fsp3) is 0.615. The zero-order valence-electron chi connectivity index (χ0n) is 10.7. The lowest BCUT2D eigenvalue weighted by atomic mass is 10.1. The van der Waals surface area contributed by atoms with E-state index in [2.05, 4.69) is 5.32 Å². The molecule has 0 fully saturated rings. The lowest BCUT2D eigenvalue weighted by Gasteiger charge is -2.10. The maximum Gasteiger partial charge on any atom is 0.219 e. The molecule has 1 amide bonds. The average molecular weight is 239 g/mol. The summed E-state index contributed by atoms with van der Waals surface area (Å²) in [4.78, 5) is 11.2. The fourth-order valence-corrected chi connectivity index (χ4v) is 1.80. The Balaban J connectivity index is 2.37. The summed E-state index contributed by atoms with van der Waals surface area (Å²) in [7, 11) is 0. The van der Waals surface area contributed by atoms with Crippen molar-refractivity contribution in [3.05, 3.63) is 23.2 Å². The highest BCUT2D eigenvalue weighted by Crippen LogP contribution is 2.23. The molecule has 0 saturated carbocycles. The molecule has 0 aliphatic rings. The molecule has 0 radical (unpaired) electrons. The highest BCUT2D eigenvalue weighted by atomic mass is 16.3. The maximum atomic E-state index is 11.2. The molecule has 96 valence electrons. The first-order chi connectivity index (χ1) is 8.04. The Kier molecular flexibility index (Phi) is 5.22. The third kappa shape index (κ3) is 4.23. The summed E-state index contributed by atoms with van der Waals surface area (Å²) in [5, 5.41) is 12.7. The number of furan rings is 1. The minimum Gasteiger partial charge on any atom is -0.466 e. The first kappa shape index (κ1) is 13.8. The van der Waals surface area contributed by atoms with Crippen molar-refractivity contribution in [2.24, 2.45) is 0 Å². The van der Waals surface area contributed by atoms with Crippen LogP contribution in [0.1, 0.15) is 49.4 Å². The van der Waals surface area contributed by atoms with Crippen LogP contribution in [0.4, 0.5) is 0 Å². The molecular weight excluding hydrogens is 218 g/mol. The van der Waals surface area contributed by atoms with Gasteiger partial charge in [0.1, 0.15) is 11.5 Å². The van der Waals surface area contributed by atoms with Gasteiger partial charge in [-0.25, -0.2) is 0 Å². The molecule has 0 aromatic carbocycles. The molecule has 1 heterocycles. The molecule has 17 heavy (non-hydrogen) atoms. The summed E-state index contributed by atoms with van der Waals surface area (Å²) in [6.45, 7) is 6.14. The SMILES string of the molecule is CCCC(=O)NCCC(O)c1cc(C)oc1C. The summed E-state index contributed by atoms with van der Waals surface area (Å²) in [5.41, 5.74) is 0.812. The van der Waals surface area contributed by atoms with Crippen molar-refractivity contribution in [1.82, 2.24) is 5.32 Å². The third-order valence-corrected chi connectivity index (χ3v) is 2.66. The molecule has 4 heteroatoms. The van der Waals surface area contributed by atoms with Crippen molar-refractivity contribution in [2.45, 2.75) is 46.1 Å². The van der Waals surface area contributed by atoms with E-state index in [0.29, 0.717) is 19.4 Å². The fourth-order valence-electron chi connectivity index (χ4n) is 1.80. The topological polar surface area (TPSA) is 62.5 Å². The largest absolute Gasteiger partial charge is 0.466 e. The van der Waals surface area contributed by atoms with Crippen molar-refractivity contribution in [3.8, 4) is 0 Å². The first-order valence-electron chi connectivity index (χ1n) is 6.06. The Morgan fingerprint density at radius 1 is 1.53 bits per heavy atom. The predicted octanol–water partition coefficient (Wildman–Crippen LogP) is 2.24. The smallest absolute Gasteiger partial charge is 0.219 e. The monoisotopic (exact) mass is 239 g/mol. The van der Waals surface area contributed by atoms with E-state index in [9.17, 15) is 9.90 Å². The Labute approximate surface area is 102 Å². The van der Waals surface area contributed by atoms with E-state index in [-0.39, 0.29) is 5.91 Å². The van der Waals surface area contributed by atoms with Crippen LogP contribution in [0.2, 0.25) is 0 Å². The van der Waals surface area contributed by atoms with E-state index in [1.54, 1.807) is 0 Å². The van der Waals surface area contributed by atoms with E-state index in [1.165, 1.54) is 0 Å². The van der Waals surface area contributed by atoms with Gasteiger partial charge < -0.3 is 14.8 Å². The van der Waals surface area contributed by atoms with Gasteiger partial charge in [0.25, 0.3) is 0 Å². The molecule has 1 unspecified atom stereocenters. The number of amides is 1. The Hall–Kier alpha value is -1.29. The molecule has 1 aromatic heterocycles. The van der Waals surface area contributed by atoms with Crippen molar-refractivity contribution < 1.29 is 14.3 Å². The van der Waals surface area contributed by atoms with Gasteiger partial charge in [-0.1, -0.05) is 6.92 Å².